The second-order valence-electron chi connectivity index (χ2n) is 9.62. The van der Waals surface area contributed by atoms with Crippen LogP contribution in [0.25, 0.3) is 0 Å². The second-order valence-corrected chi connectivity index (χ2v) is 9.62. The fourth-order valence-corrected chi connectivity index (χ4v) is 4.02. The number of carbonyl (C=O) groups is 4. The first kappa shape index (κ1) is 29.3. The van der Waals surface area contributed by atoms with Gasteiger partial charge in [-0.1, -0.05) is 74.5 Å². The van der Waals surface area contributed by atoms with E-state index in [-0.39, 0.29) is 31.5 Å². The zero-order chi connectivity index (χ0) is 28.2. The second kappa shape index (κ2) is 14.7. The molecule has 0 aliphatic carbocycles. The Labute approximate surface area is 228 Å². The largest absolute Gasteiger partial charge is 0.472 e. The van der Waals surface area contributed by atoms with Crippen molar-refractivity contribution in [1.82, 2.24) is 10.6 Å². The number of nitrogens with one attached hydrogen (secondary N) is 2. The third-order valence-electron chi connectivity index (χ3n) is 6.06. The number of esters is 1. The zero-order valence-corrected chi connectivity index (χ0v) is 22.4. The maximum Gasteiger partial charge on any atom is 0.408 e. The lowest BCUT2D eigenvalue weighted by atomic mass is 9.99. The van der Waals surface area contributed by atoms with E-state index in [2.05, 4.69) is 20.4 Å². The summed E-state index contributed by atoms with van der Waals surface area (Å²) in [6, 6.07) is 15.8. The topological polar surface area (TPSA) is 132 Å². The third kappa shape index (κ3) is 9.24. The molecule has 39 heavy (non-hydrogen) atoms. The van der Waals surface area contributed by atoms with E-state index in [1.807, 2.05) is 74.5 Å². The SMILES string of the molecule is COC(=O)C1COC(C(=O)C(CCc2ccccc2)NC(=O)C(CC(C)C)NC(=O)OCc2ccccc2)=N1. The smallest absolute Gasteiger partial charge is 0.408 e. The first-order valence-electron chi connectivity index (χ1n) is 12.9. The number of aryl methyl sites for hydroxylation is 1. The van der Waals surface area contributed by atoms with E-state index in [1.54, 1.807) is 0 Å². The number of Topliss-reactive ketones (excluding diaryl/α,β-unsaturated/α-hetero) is 1. The lowest BCUT2D eigenvalue weighted by Gasteiger charge is -2.23. The molecule has 2 aromatic carbocycles. The molecule has 2 N–H and O–H groups in total. The molecule has 2 amide bonds. The van der Waals surface area contributed by atoms with Crippen LogP contribution in [0.4, 0.5) is 4.79 Å². The molecular formula is C29H35N3O7. The van der Waals surface area contributed by atoms with Crippen molar-refractivity contribution in [3.05, 3.63) is 71.8 Å². The van der Waals surface area contributed by atoms with Gasteiger partial charge in [-0.2, -0.15) is 0 Å². The van der Waals surface area contributed by atoms with Gasteiger partial charge in [-0.15, -0.1) is 0 Å². The standard InChI is InChI=1S/C29H35N3O7/c1-19(2)16-23(32-29(36)39-17-21-12-8-5-9-13-21)26(34)30-22(15-14-20-10-6-4-7-11-20)25(33)27-31-24(18-38-27)28(35)37-3/h4-13,19,22-24H,14-18H2,1-3H3,(H,30,34)(H,32,36). The third-order valence-corrected chi connectivity index (χ3v) is 6.06. The molecule has 0 saturated carbocycles. The molecule has 0 radical (unpaired) electrons. The van der Waals surface area contributed by atoms with Gasteiger partial charge in [0.25, 0.3) is 5.90 Å². The molecule has 208 valence electrons. The number of rotatable bonds is 13. The minimum Gasteiger partial charge on any atom is -0.472 e. The maximum absolute atomic E-state index is 13.4. The minimum absolute atomic E-state index is 0.0550. The molecule has 0 fully saturated rings. The molecule has 1 aliphatic rings. The van der Waals surface area contributed by atoms with Crippen LogP contribution < -0.4 is 10.6 Å². The van der Waals surface area contributed by atoms with Crippen molar-refractivity contribution in [1.29, 1.82) is 0 Å². The summed E-state index contributed by atoms with van der Waals surface area (Å²) < 4.78 is 15.4. The molecule has 3 atom stereocenters. The normalized spacial score (nSPS) is 15.9. The van der Waals surface area contributed by atoms with E-state index in [0.717, 1.165) is 11.1 Å². The predicted molar refractivity (Wildman–Crippen MR) is 144 cm³/mol. The van der Waals surface area contributed by atoms with E-state index in [1.165, 1.54) is 7.11 Å². The van der Waals surface area contributed by atoms with Gasteiger partial charge in [0.05, 0.1) is 13.2 Å². The van der Waals surface area contributed by atoms with Gasteiger partial charge in [-0.3, -0.25) is 9.59 Å². The van der Waals surface area contributed by atoms with Crippen LogP contribution in [-0.4, -0.2) is 61.5 Å². The summed E-state index contributed by atoms with van der Waals surface area (Å²) >= 11 is 0. The van der Waals surface area contributed by atoms with Crippen LogP contribution >= 0.6 is 0 Å². The predicted octanol–water partition coefficient (Wildman–Crippen LogP) is 2.98. The Hall–Kier alpha value is -4.21. The quantitative estimate of drug-likeness (QED) is 0.376. The highest BCUT2D eigenvalue weighted by Crippen LogP contribution is 2.13. The Kier molecular flexibility index (Phi) is 11.0. The number of hydrogen-bond donors (Lipinski definition) is 2. The van der Waals surface area contributed by atoms with E-state index in [0.29, 0.717) is 12.8 Å². The summed E-state index contributed by atoms with van der Waals surface area (Å²) in [4.78, 5) is 55.1. The van der Waals surface area contributed by atoms with Gasteiger partial charge in [0.15, 0.2) is 6.04 Å². The van der Waals surface area contributed by atoms with Crippen molar-refractivity contribution in [2.45, 2.75) is 57.8 Å². The zero-order valence-electron chi connectivity index (χ0n) is 22.4. The van der Waals surface area contributed by atoms with Crippen molar-refractivity contribution in [2.24, 2.45) is 10.9 Å². The van der Waals surface area contributed by atoms with Crippen LogP contribution in [0.3, 0.4) is 0 Å². The summed E-state index contributed by atoms with van der Waals surface area (Å²) in [5.41, 5.74) is 1.79. The van der Waals surface area contributed by atoms with Crippen LogP contribution in [0.15, 0.2) is 65.7 Å². The Balaban J connectivity index is 1.71. The van der Waals surface area contributed by atoms with Gasteiger partial charge in [0, 0.05) is 0 Å². The van der Waals surface area contributed by atoms with Gasteiger partial charge < -0.3 is 24.8 Å². The fourth-order valence-electron chi connectivity index (χ4n) is 4.02. The average Bonchev–Trinajstić information content (AvgIpc) is 3.44. The number of carbonyl (C=O) groups excluding carboxylic acids is 4. The Morgan fingerprint density at radius 1 is 0.949 bits per heavy atom. The summed E-state index contributed by atoms with van der Waals surface area (Å²) in [5.74, 6) is -1.87. The van der Waals surface area contributed by atoms with Crippen molar-refractivity contribution in [3.8, 4) is 0 Å². The molecule has 3 unspecified atom stereocenters. The number of amides is 2. The summed E-state index contributed by atoms with van der Waals surface area (Å²) in [6.45, 7) is 3.78. The number of benzene rings is 2. The van der Waals surface area contributed by atoms with Crippen molar-refractivity contribution in [3.63, 3.8) is 0 Å². The molecule has 0 spiro atoms. The van der Waals surface area contributed by atoms with Gasteiger partial charge in [0.2, 0.25) is 11.7 Å². The Morgan fingerprint density at radius 2 is 1.59 bits per heavy atom. The molecule has 10 heteroatoms. The van der Waals surface area contributed by atoms with Crippen molar-refractivity contribution in [2.75, 3.05) is 13.7 Å². The monoisotopic (exact) mass is 537 g/mol. The number of aliphatic imine (C=N–C) groups is 1. The van der Waals surface area contributed by atoms with Gasteiger partial charge in [-0.05, 0) is 36.3 Å². The molecule has 0 aromatic heterocycles. The summed E-state index contributed by atoms with van der Waals surface area (Å²) in [6.07, 6.45) is 0.337. The van der Waals surface area contributed by atoms with E-state index < -0.39 is 41.9 Å². The lowest BCUT2D eigenvalue weighted by molar-refractivity contribution is -0.142. The van der Waals surface area contributed by atoms with Crippen LogP contribution in [0.1, 0.15) is 37.8 Å². The molecule has 3 rings (SSSR count). The number of nitrogens with zero attached hydrogens (tertiary/aromatic N) is 1. The highest BCUT2D eigenvalue weighted by atomic mass is 16.5. The highest BCUT2D eigenvalue weighted by Gasteiger charge is 2.35. The molecule has 2 aromatic rings. The summed E-state index contributed by atoms with van der Waals surface area (Å²) in [5, 5.41) is 5.40. The first-order valence-corrected chi connectivity index (χ1v) is 12.9. The number of methoxy groups -OCH3 is 1. The molecule has 0 saturated heterocycles. The van der Waals surface area contributed by atoms with Crippen molar-refractivity contribution >= 4 is 29.7 Å². The van der Waals surface area contributed by atoms with Crippen LogP contribution in [0.5, 0.6) is 0 Å². The van der Waals surface area contributed by atoms with E-state index in [9.17, 15) is 19.2 Å². The van der Waals surface area contributed by atoms with Crippen LogP contribution in [0, 0.1) is 5.92 Å². The van der Waals surface area contributed by atoms with Gasteiger partial charge in [0.1, 0.15) is 19.3 Å². The lowest BCUT2D eigenvalue weighted by Crippen LogP contribution is -2.53. The summed E-state index contributed by atoms with van der Waals surface area (Å²) in [7, 11) is 1.23. The molecular weight excluding hydrogens is 502 g/mol. The van der Waals surface area contributed by atoms with Crippen LogP contribution in [0.2, 0.25) is 0 Å². The number of alkyl carbamates (subject to hydrolysis) is 1. The maximum atomic E-state index is 13.4. The first-order chi connectivity index (χ1) is 18.8. The van der Waals surface area contributed by atoms with Gasteiger partial charge >= 0.3 is 12.1 Å². The highest BCUT2D eigenvalue weighted by molar-refractivity contribution is 6.39. The number of ether oxygens (including phenoxy) is 3. The average molecular weight is 538 g/mol. The molecule has 10 nitrogen and oxygen atoms in total. The number of hydrogen-bond acceptors (Lipinski definition) is 8. The molecule has 1 aliphatic heterocycles. The Morgan fingerprint density at radius 3 is 2.21 bits per heavy atom. The number of ketones is 1. The van der Waals surface area contributed by atoms with Crippen LogP contribution in [-0.2, 0) is 41.6 Å². The Bertz CT molecular complexity index is 1150. The van der Waals surface area contributed by atoms with E-state index in [4.69, 9.17) is 9.47 Å². The molecule has 1 heterocycles. The fraction of sp³-hybridized carbons (Fsp3) is 0.414. The van der Waals surface area contributed by atoms with Crippen molar-refractivity contribution < 1.29 is 33.4 Å². The minimum atomic E-state index is -0.996. The van der Waals surface area contributed by atoms with E-state index >= 15 is 0 Å². The van der Waals surface area contributed by atoms with Gasteiger partial charge in [-0.25, -0.2) is 14.6 Å². The molecule has 0 bridgehead atoms.